The van der Waals surface area contributed by atoms with Crippen LogP contribution in [0.5, 0.6) is 0 Å². The molecule has 38 heavy (non-hydrogen) atoms. The van der Waals surface area contributed by atoms with Gasteiger partial charge in [0.25, 0.3) is 5.24 Å². The predicted molar refractivity (Wildman–Crippen MR) is 200 cm³/mol. The van der Waals surface area contributed by atoms with Gasteiger partial charge >= 0.3 is 0 Å². The highest BCUT2D eigenvalue weighted by Crippen LogP contribution is 2.19. The Labute approximate surface area is 294 Å². The van der Waals surface area contributed by atoms with Crippen molar-refractivity contribution in [3.8, 4) is 0 Å². The summed E-state index contributed by atoms with van der Waals surface area (Å²) in [5.41, 5.74) is 6.10. The third-order valence-electron chi connectivity index (χ3n) is 3.22. The molecule has 5 nitrogen and oxygen atoms in total. The maximum Gasteiger partial charge on any atom is 0.271 e. The Kier molecular flexibility index (Phi) is 32.1. The van der Waals surface area contributed by atoms with Crippen LogP contribution in [0.1, 0.15) is 67.9 Å². The Morgan fingerprint density at radius 3 is 1.58 bits per heavy atom. The summed E-state index contributed by atoms with van der Waals surface area (Å²) >= 11 is 18.5. The Morgan fingerprint density at radius 2 is 1.34 bits per heavy atom. The van der Waals surface area contributed by atoms with Crippen LogP contribution in [-0.4, -0.2) is 27.4 Å². The van der Waals surface area contributed by atoms with Crippen molar-refractivity contribution in [3.63, 3.8) is 0 Å². The van der Waals surface area contributed by atoms with Gasteiger partial charge in [-0.1, -0.05) is 109 Å². The maximum atomic E-state index is 11.7. The molecule has 2 rings (SSSR count). The highest BCUT2D eigenvalue weighted by molar-refractivity contribution is 14.2. The quantitative estimate of drug-likeness (QED) is 0.143. The number of carbonyl (C=O) groups is 2. The van der Waals surface area contributed by atoms with Crippen molar-refractivity contribution < 1.29 is 9.59 Å². The van der Waals surface area contributed by atoms with Crippen LogP contribution in [0.15, 0.2) is 45.9 Å². The smallest absolute Gasteiger partial charge is 0.271 e. The van der Waals surface area contributed by atoms with Crippen LogP contribution >= 0.6 is 111 Å². The number of halogens is 6. The van der Waals surface area contributed by atoms with Crippen molar-refractivity contribution >= 4 is 128 Å². The standard InChI is InChI=1S/C11H14BrNO.C5H5BrN2.C5H8ClO.C2H4I2.C2H5I.C2H6/c1-11(2,3)10(14)5-8-4-9(12)7-13-6-8;6-4-1-5(7)3-8-2-4;1-5(2,3)4(6)7;1-2(3)4;1-2-3;1-2/h4,6-7H,5H2,1-3H3;1-3H,7H2;1H2,2-3H3;2H,1H3;2H2,1H3;1-2H3/q;;+1;;;. The van der Waals surface area contributed by atoms with Crippen LogP contribution in [0.2, 0.25) is 0 Å². The van der Waals surface area contributed by atoms with E-state index in [4.69, 9.17) is 17.3 Å². The van der Waals surface area contributed by atoms with Gasteiger partial charge in [-0.15, -0.1) is 0 Å². The van der Waals surface area contributed by atoms with Crippen LogP contribution in [0.25, 0.3) is 0 Å². The number of nitrogens with two attached hydrogens (primary N) is 1. The predicted octanol–water partition coefficient (Wildman–Crippen LogP) is 10.7. The minimum absolute atomic E-state index is 0.234. The highest BCUT2D eigenvalue weighted by Gasteiger charge is 2.26. The van der Waals surface area contributed by atoms with Gasteiger partial charge in [-0.25, -0.2) is 0 Å². The fourth-order valence-electron chi connectivity index (χ4n) is 1.43. The number of nitrogen functional groups attached to an aromatic ring is 1. The van der Waals surface area contributed by atoms with Crippen LogP contribution in [0.3, 0.4) is 0 Å². The van der Waals surface area contributed by atoms with E-state index < -0.39 is 10.7 Å². The molecule has 2 heterocycles. The molecule has 0 saturated heterocycles. The lowest BCUT2D eigenvalue weighted by Gasteiger charge is -2.16. The van der Waals surface area contributed by atoms with Gasteiger partial charge in [0, 0.05) is 45.6 Å². The van der Waals surface area contributed by atoms with E-state index in [1.54, 1.807) is 44.7 Å². The molecule has 0 bridgehead atoms. The Hall–Kier alpha value is 0.750. The minimum atomic E-state index is -0.623. The molecule has 2 aromatic rings. The second-order valence-corrected chi connectivity index (χ2v) is 18.6. The zero-order valence-corrected chi connectivity index (χ0v) is 34.1. The second kappa shape index (κ2) is 26.6. The molecule has 0 aromatic carbocycles. The summed E-state index contributed by atoms with van der Waals surface area (Å²) in [7, 11) is 0. The third kappa shape index (κ3) is 34.8. The number of hydrogen-bond acceptors (Lipinski definition) is 5. The molecule has 0 unspecified atom stereocenters. The Bertz CT molecular complexity index is 872. The molecule has 0 fully saturated rings. The van der Waals surface area contributed by atoms with E-state index in [1.807, 2.05) is 40.7 Å². The summed E-state index contributed by atoms with van der Waals surface area (Å²) in [6.07, 6.45) is 7.19. The number of carbonyl (C=O) groups excluding carboxylic acids is 2. The number of Topliss-reactive ketones (excluding diaryl/α,β-unsaturated/α-hetero) is 1. The lowest BCUT2D eigenvalue weighted by molar-refractivity contribution is -0.125. The lowest BCUT2D eigenvalue weighted by Crippen LogP contribution is -2.22. The van der Waals surface area contributed by atoms with Gasteiger partial charge in [0.2, 0.25) is 0 Å². The number of nitrogens with zero attached hydrogens (tertiary/aromatic N) is 2. The highest BCUT2D eigenvalue weighted by atomic mass is 127. The molecule has 0 amide bonds. The van der Waals surface area contributed by atoms with Gasteiger partial charge in [-0.05, 0) is 86.4 Å². The van der Waals surface area contributed by atoms with E-state index in [0.717, 1.165) is 16.4 Å². The largest absolute Gasteiger partial charge is 0.397 e. The van der Waals surface area contributed by atoms with Crippen molar-refractivity contribution in [2.24, 2.45) is 10.8 Å². The summed E-state index contributed by atoms with van der Waals surface area (Å²) in [5.74, 6) is 0.234. The second-order valence-electron chi connectivity index (χ2n) is 8.74. The van der Waals surface area contributed by atoms with Crippen molar-refractivity contribution in [1.29, 1.82) is 0 Å². The Balaban J connectivity index is -0.000000207. The van der Waals surface area contributed by atoms with Gasteiger partial charge in [0.05, 0.1) is 14.5 Å². The minimum Gasteiger partial charge on any atom is -0.397 e. The molecule has 0 radical (unpaired) electrons. The first kappa shape index (κ1) is 45.7. The maximum absolute atomic E-state index is 11.7. The van der Waals surface area contributed by atoms with Crippen LogP contribution in [-0.2, 0) is 16.0 Å². The van der Waals surface area contributed by atoms with E-state index in [9.17, 15) is 9.59 Å². The average molecular weight is 1020 g/mol. The van der Waals surface area contributed by atoms with E-state index in [-0.39, 0.29) is 11.2 Å². The molecular formula is C27H42Br2ClI3N3O2+. The normalized spacial score (nSPS) is 9.79. The summed E-state index contributed by atoms with van der Waals surface area (Å²) < 4.78 is 3.82. The SMILES string of the molecule is CC.CC(C)(C)C(=O)Cc1cncc(Br)c1.CC(I)I.CCI.Nc1cncc(Br)c1.[CH2+]C(C)(C)C(=O)Cl. The molecule has 0 aliphatic heterocycles. The third-order valence-corrected chi connectivity index (χ3v) is 4.60. The van der Waals surface area contributed by atoms with Gasteiger partial charge in [-0.3, -0.25) is 19.6 Å². The molecular weight excluding hydrogens is 974 g/mol. The first-order valence-electron chi connectivity index (χ1n) is 11.7. The molecule has 2 aromatic heterocycles. The summed E-state index contributed by atoms with van der Waals surface area (Å²) in [6, 6.07) is 3.73. The van der Waals surface area contributed by atoms with Gasteiger partial charge in [0.1, 0.15) is 5.78 Å². The number of anilines is 1. The molecule has 0 aliphatic carbocycles. The molecule has 0 spiro atoms. The van der Waals surface area contributed by atoms with E-state index in [2.05, 4.69) is 130 Å². The number of hydrogen-bond donors (Lipinski definition) is 1. The van der Waals surface area contributed by atoms with Crippen molar-refractivity contribution in [1.82, 2.24) is 9.97 Å². The zero-order valence-electron chi connectivity index (χ0n) is 23.7. The van der Waals surface area contributed by atoms with Crippen LogP contribution in [0, 0.1) is 17.8 Å². The first-order valence-corrected chi connectivity index (χ1v) is 17.6. The van der Waals surface area contributed by atoms with E-state index in [0.29, 0.717) is 12.1 Å². The van der Waals surface area contributed by atoms with Crippen molar-refractivity contribution in [2.75, 3.05) is 10.2 Å². The first-order chi connectivity index (χ1) is 17.3. The van der Waals surface area contributed by atoms with Gasteiger partial charge in [-0.2, -0.15) is 0 Å². The van der Waals surface area contributed by atoms with Gasteiger partial charge < -0.3 is 5.73 Å². The molecule has 0 aliphatic rings. The molecule has 11 heteroatoms. The van der Waals surface area contributed by atoms with Gasteiger partial charge in [0.15, 0.2) is 5.41 Å². The summed E-state index contributed by atoms with van der Waals surface area (Å²) in [5, 5.41) is -0.396. The summed E-state index contributed by atoms with van der Waals surface area (Å²) in [4.78, 5) is 29.7. The lowest BCUT2D eigenvalue weighted by atomic mass is 9.87. The van der Waals surface area contributed by atoms with Crippen LogP contribution in [0.4, 0.5) is 5.69 Å². The average Bonchev–Trinajstić information content (AvgIpc) is 2.75. The Morgan fingerprint density at radius 1 is 1.00 bits per heavy atom. The topological polar surface area (TPSA) is 85.9 Å². The van der Waals surface area contributed by atoms with Crippen molar-refractivity contribution in [2.45, 2.75) is 70.7 Å². The number of aromatic nitrogens is 2. The monoisotopic (exact) mass is 1010 g/mol. The molecule has 0 saturated carbocycles. The van der Waals surface area contributed by atoms with Crippen molar-refractivity contribution in [3.05, 3.63) is 58.4 Å². The van der Waals surface area contributed by atoms with Crippen LogP contribution < -0.4 is 5.73 Å². The fraction of sp³-hybridized carbons (Fsp3) is 0.519. The zero-order chi connectivity index (χ0) is 31.1. The van der Waals surface area contributed by atoms with E-state index >= 15 is 0 Å². The number of rotatable bonds is 3. The molecule has 218 valence electrons. The molecule has 2 N–H and O–H groups in total. The number of pyridine rings is 2. The summed E-state index contributed by atoms with van der Waals surface area (Å²) in [6.45, 7) is 20.9. The molecule has 0 atom stereocenters. The fourth-order valence-corrected chi connectivity index (χ4v) is 2.23. The number of ketones is 1. The van der Waals surface area contributed by atoms with E-state index in [1.165, 1.54) is 4.43 Å². The number of alkyl halides is 3.